The topological polar surface area (TPSA) is 78.1 Å². The van der Waals surface area contributed by atoms with E-state index >= 15 is 0 Å². The van der Waals surface area contributed by atoms with Crippen molar-refractivity contribution in [1.29, 1.82) is 0 Å². The number of para-hydroxylation sites is 2. The van der Waals surface area contributed by atoms with Gasteiger partial charge in [-0.05, 0) is 48.2 Å². The first kappa shape index (κ1) is 20.9. The summed E-state index contributed by atoms with van der Waals surface area (Å²) in [6.45, 7) is 0.761. The predicted octanol–water partition coefficient (Wildman–Crippen LogP) is 4.33. The second-order valence-corrected chi connectivity index (χ2v) is 8.44. The third-order valence-corrected chi connectivity index (χ3v) is 6.04. The molecule has 6 heteroatoms. The average molecular weight is 439 g/mol. The van der Waals surface area contributed by atoms with Crippen molar-refractivity contribution in [2.75, 3.05) is 11.4 Å². The maximum absolute atomic E-state index is 13.0. The molecule has 1 fully saturated rings. The van der Waals surface area contributed by atoms with Gasteiger partial charge in [0.05, 0.1) is 23.5 Å². The summed E-state index contributed by atoms with van der Waals surface area (Å²) < 4.78 is 0. The summed E-state index contributed by atoms with van der Waals surface area (Å²) in [6, 6.07) is 25.4. The van der Waals surface area contributed by atoms with Crippen LogP contribution in [-0.2, 0) is 22.4 Å². The van der Waals surface area contributed by atoms with Gasteiger partial charge in [-0.15, -0.1) is 0 Å². The van der Waals surface area contributed by atoms with Crippen LogP contribution in [0.2, 0.25) is 0 Å². The van der Waals surface area contributed by atoms with Crippen LogP contribution in [0, 0.1) is 0 Å². The maximum atomic E-state index is 13.0. The van der Waals surface area contributed by atoms with Crippen LogP contribution in [0.4, 0.5) is 5.69 Å². The van der Waals surface area contributed by atoms with Crippen LogP contribution in [0.25, 0.3) is 11.0 Å². The van der Waals surface area contributed by atoms with Crippen molar-refractivity contribution >= 4 is 28.5 Å². The number of nitrogens with zero attached hydrogens (tertiary/aromatic N) is 2. The largest absolute Gasteiger partial charge is 0.346 e. The summed E-state index contributed by atoms with van der Waals surface area (Å²) in [7, 11) is 0. The number of aromatic nitrogens is 2. The molecule has 6 nitrogen and oxygen atoms in total. The molecule has 1 atom stereocenters. The minimum absolute atomic E-state index is 0.0682. The summed E-state index contributed by atoms with van der Waals surface area (Å²) >= 11 is 0. The van der Waals surface area contributed by atoms with E-state index in [0.29, 0.717) is 12.8 Å². The Morgan fingerprint density at radius 2 is 1.73 bits per heavy atom. The molecule has 0 aliphatic carbocycles. The molecule has 4 aromatic rings. The molecule has 2 amide bonds. The zero-order valence-electron chi connectivity index (χ0n) is 18.3. The number of aromatic amines is 1. The molecule has 5 rings (SSSR count). The van der Waals surface area contributed by atoms with Gasteiger partial charge in [-0.2, -0.15) is 0 Å². The molecule has 1 saturated heterocycles. The average Bonchev–Trinajstić information content (AvgIpc) is 3.46. The van der Waals surface area contributed by atoms with E-state index in [1.165, 1.54) is 0 Å². The van der Waals surface area contributed by atoms with Gasteiger partial charge in [-0.3, -0.25) is 9.59 Å². The number of hydrogen-bond acceptors (Lipinski definition) is 3. The Morgan fingerprint density at radius 3 is 2.45 bits per heavy atom. The summed E-state index contributed by atoms with van der Waals surface area (Å²) in [4.78, 5) is 34.8. The number of carbonyl (C=O) groups is 2. The van der Waals surface area contributed by atoms with Crippen molar-refractivity contribution in [2.45, 2.75) is 31.7 Å². The fourth-order valence-electron chi connectivity index (χ4n) is 4.35. The minimum atomic E-state index is -0.270. The summed E-state index contributed by atoms with van der Waals surface area (Å²) in [5.74, 6) is 0.841. The summed E-state index contributed by atoms with van der Waals surface area (Å²) in [5.41, 5.74) is 4.76. The molecule has 1 aliphatic rings. The Labute approximate surface area is 192 Å². The Morgan fingerprint density at radius 1 is 0.970 bits per heavy atom. The van der Waals surface area contributed by atoms with Crippen molar-refractivity contribution < 1.29 is 9.59 Å². The lowest BCUT2D eigenvalue weighted by Crippen LogP contribution is -2.32. The predicted molar refractivity (Wildman–Crippen MR) is 129 cm³/mol. The normalized spacial score (nSPS) is 14.5. The van der Waals surface area contributed by atoms with E-state index in [1.54, 1.807) is 4.90 Å². The van der Waals surface area contributed by atoms with Gasteiger partial charge in [-0.25, -0.2) is 4.98 Å². The van der Waals surface area contributed by atoms with Crippen LogP contribution < -0.4 is 10.2 Å². The number of anilines is 1. The lowest BCUT2D eigenvalue weighted by atomic mass is 10.0. The molecule has 3 aromatic carbocycles. The zero-order chi connectivity index (χ0) is 22.6. The van der Waals surface area contributed by atoms with Gasteiger partial charge in [0.25, 0.3) is 0 Å². The Hall–Kier alpha value is -3.93. The molecule has 33 heavy (non-hydrogen) atoms. The summed E-state index contributed by atoms with van der Waals surface area (Å²) in [5, 5.41) is 3.17. The lowest BCUT2D eigenvalue weighted by molar-refractivity contribution is -0.121. The number of H-pyrrole nitrogens is 1. The Bertz CT molecular complexity index is 1230. The first-order valence-electron chi connectivity index (χ1n) is 11.3. The third-order valence-electron chi connectivity index (χ3n) is 6.04. The monoisotopic (exact) mass is 438 g/mol. The zero-order valence-corrected chi connectivity index (χ0v) is 18.3. The molecule has 0 bridgehead atoms. The van der Waals surface area contributed by atoms with Crippen molar-refractivity contribution in [1.82, 2.24) is 15.3 Å². The van der Waals surface area contributed by atoms with Crippen LogP contribution in [0.3, 0.4) is 0 Å². The number of benzene rings is 3. The molecule has 0 unspecified atom stereocenters. The minimum Gasteiger partial charge on any atom is -0.346 e. The molecule has 0 saturated carbocycles. The molecule has 166 valence electrons. The van der Waals surface area contributed by atoms with Crippen molar-refractivity contribution in [3.05, 3.63) is 95.8 Å². The molecule has 0 spiro atoms. The first-order valence-corrected chi connectivity index (χ1v) is 11.3. The highest BCUT2D eigenvalue weighted by Gasteiger charge is 2.22. The highest BCUT2D eigenvalue weighted by molar-refractivity contribution is 5.95. The fraction of sp³-hybridized carbons (Fsp3) is 0.222. The van der Waals surface area contributed by atoms with E-state index in [4.69, 9.17) is 4.98 Å². The van der Waals surface area contributed by atoms with E-state index < -0.39 is 0 Å². The van der Waals surface area contributed by atoms with Crippen LogP contribution >= 0.6 is 0 Å². The SMILES string of the molecule is O=C(Cc1ccc(N2CCCC2=O)cc1)N[C@@H](Cc1ccccc1)c1nc2ccccc2[nH]1. The van der Waals surface area contributed by atoms with Gasteiger partial charge in [0.15, 0.2) is 0 Å². The molecule has 0 radical (unpaired) electrons. The van der Waals surface area contributed by atoms with E-state index in [1.807, 2.05) is 66.7 Å². The van der Waals surface area contributed by atoms with Crippen LogP contribution in [0.5, 0.6) is 0 Å². The maximum Gasteiger partial charge on any atom is 0.227 e. The highest BCUT2D eigenvalue weighted by Crippen LogP contribution is 2.23. The van der Waals surface area contributed by atoms with Gasteiger partial charge >= 0.3 is 0 Å². The second-order valence-electron chi connectivity index (χ2n) is 8.44. The van der Waals surface area contributed by atoms with E-state index in [9.17, 15) is 9.59 Å². The van der Waals surface area contributed by atoms with E-state index in [0.717, 1.165) is 46.6 Å². The van der Waals surface area contributed by atoms with E-state index in [-0.39, 0.29) is 24.3 Å². The van der Waals surface area contributed by atoms with Crippen LogP contribution in [0.1, 0.15) is 35.8 Å². The third kappa shape index (κ3) is 4.80. The standard InChI is InChI=1S/C27H26N4O2/c32-25(18-20-12-14-21(15-13-20)31-16-6-11-26(31)33)28-24(17-19-7-2-1-3-8-19)27-29-22-9-4-5-10-23(22)30-27/h1-5,7-10,12-15,24H,6,11,16-18H2,(H,28,32)(H,29,30)/t24-/m0/s1. The van der Waals surface area contributed by atoms with Gasteiger partial charge in [0.1, 0.15) is 5.82 Å². The lowest BCUT2D eigenvalue weighted by Gasteiger charge is -2.18. The number of imidazole rings is 1. The van der Waals surface area contributed by atoms with Gasteiger partial charge in [-0.1, -0.05) is 54.6 Å². The van der Waals surface area contributed by atoms with Crippen molar-refractivity contribution in [3.8, 4) is 0 Å². The Balaban J connectivity index is 1.31. The van der Waals surface area contributed by atoms with Crippen molar-refractivity contribution in [2.24, 2.45) is 0 Å². The number of hydrogen-bond donors (Lipinski definition) is 2. The smallest absolute Gasteiger partial charge is 0.227 e. The highest BCUT2D eigenvalue weighted by atomic mass is 16.2. The number of nitrogens with one attached hydrogen (secondary N) is 2. The molecule has 1 aromatic heterocycles. The number of rotatable bonds is 7. The second kappa shape index (κ2) is 9.28. The number of fused-ring (bicyclic) bond motifs is 1. The number of carbonyl (C=O) groups excluding carboxylic acids is 2. The molecule has 2 N–H and O–H groups in total. The quantitative estimate of drug-likeness (QED) is 0.451. The van der Waals surface area contributed by atoms with Gasteiger partial charge < -0.3 is 15.2 Å². The molecule has 1 aliphatic heterocycles. The summed E-state index contributed by atoms with van der Waals surface area (Å²) in [6.07, 6.45) is 2.41. The molecular formula is C27H26N4O2. The van der Waals surface area contributed by atoms with Gasteiger partial charge in [0, 0.05) is 18.7 Å². The van der Waals surface area contributed by atoms with Crippen molar-refractivity contribution in [3.63, 3.8) is 0 Å². The van der Waals surface area contributed by atoms with E-state index in [2.05, 4.69) is 22.4 Å². The Kier molecular flexibility index (Phi) is 5.89. The first-order chi connectivity index (χ1) is 16.2. The van der Waals surface area contributed by atoms with Gasteiger partial charge in [0.2, 0.25) is 11.8 Å². The number of amides is 2. The fourth-order valence-corrected chi connectivity index (χ4v) is 4.35. The molecular weight excluding hydrogens is 412 g/mol. The van der Waals surface area contributed by atoms with Crippen LogP contribution in [0.15, 0.2) is 78.9 Å². The molecule has 2 heterocycles. The van der Waals surface area contributed by atoms with Crippen LogP contribution in [-0.4, -0.2) is 28.3 Å².